The summed E-state index contributed by atoms with van der Waals surface area (Å²) in [6, 6.07) is 1.16. The molecule has 0 fully saturated rings. The Hall–Kier alpha value is -1.27. The van der Waals surface area contributed by atoms with Crippen molar-refractivity contribution in [3.8, 4) is 0 Å². The zero-order chi connectivity index (χ0) is 10.7. The fourth-order valence-corrected chi connectivity index (χ4v) is 1.15. The third kappa shape index (κ3) is 1.97. The number of nitrogens with zero attached hydrogens (tertiary/aromatic N) is 1. The second-order valence-electron chi connectivity index (χ2n) is 2.73. The van der Waals surface area contributed by atoms with E-state index in [2.05, 4.69) is 4.98 Å². The predicted molar refractivity (Wildman–Crippen MR) is 47.4 cm³/mol. The highest BCUT2D eigenvalue weighted by Crippen LogP contribution is 2.23. The van der Waals surface area contributed by atoms with Crippen LogP contribution in [0.4, 0.5) is 14.6 Å². The fraction of sp³-hybridized carbons (Fsp3) is 0.375. The smallest absolute Gasteiger partial charge is 0.280 e. The van der Waals surface area contributed by atoms with E-state index < -0.39 is 12.1 Å². The maximum absolute atomic E-state index is 12.3. The maximum Gasteiger partial charge on any atom is 0.280 e. The second kappa shape index (κ2) is 4.30. The van der Waals surface area contributed by atoms with Gasteiger partial charge in [-0.15, -0.1) is 0 Å². The van der Waals surface area contributed by atoms with Crippen LogP contribution >= 0.6 is 0 Å². The molecule has 0 spiro atoms. The van der Waals surface area contributed by atoms with E-state index in [4.69, 9.17) is 16.6 Å². The Morgan fingerprint density at radius 1 is 1.50 bits per heavy atom. The average Bonchev–Trinajstić information content (AvgIpc) is 2.16. The van der Waals surface area contributed by atoms with Crippen LogP contribution in [-0.2, 0) is 13.2 Å². The summed E-state index contributed by atoms with van der Waals surface area (Å²) in [5.74, 6) is -0.0919. The highest BCUT2D eigenvalue weighted by Gasteiger charge is 2.14. The molecule has 0 unspecified atom stereocenters. The Morgan fingerprint density at radius 3 is 2.57 bits per heavy atom. The Balaban J connectivity index is 3.24. The fourth-order valence-electron chi connectivity index (χ4n) is 1.15. The van der Waals surface area contributed by atoms with Crippen molar-refractivity contribution in [3.05, 3.63) is 22.9 Å². The number of rotatable bonds is 3. The summed E-state index contributed by atoms with van der Waals surface area (Å²) < 4.78 is 24.6. The van der Waals surface area contributed by atoms with E-state index >= 15 is 0 Å². The molecule has 0 saturated carbocycles. The van der Waals surface area contributed by atoms with E-state index in [1.807, 2.05) is 0 Å². The minimum Gasteiger partial charge on any atom is -0.392 e. The number of halogens is 2. The van der Waals surface area contributed by atoms with Gasteiger partial charge in [0.15, 0.2) is 0 Å². The Morgan fingerprint density at radius 2 is 2.14 bits per heavy atom. The molecule has 1 heterocycles. The number of anilines is 1. The molecule has 6 heteroatoms. The van der Waals surface area contributed by atoms with Crippen LogP contribution < -0.4 is 11.5 Å². The first-order valence-corrected chi connectivity index (χ1v) is 3.97. The Labute approximate surface area is 79.6 Å². The molecule has 1 rings (SSSR count). The molecule has 5 N–H and O–H groups in total. The summed E-state index contributed by atoms with van der Waals surface area (Å²) in [6.07, 6.45) is -2.68. The van der Waals surface area contributed by atoms with Crippen molar-refractivity contribution in [2.75, 3.05) is 5.73 Å². The van der Waals surface area contributed by atoms with Gasteiger partial charge in [-0.2, -0.15) is 0 Å². The quantitative estimate of drug-likeness (QED) is 0.669. The van der Waals surface area contributed by atoms with Crippen LogP contribution in [0, 0.1) is 0 Å². The number of aliphatic hydroxyl groups excluding tert-OH is 1. The van der Waals surface area contributed by atoms with Gasteiger partial charge in [-0.25, -0.2) is 13.8 Å². The van der Waals surface area contributed by atoms with Crippen LogP contribution in [-0.4, -0.2) is 10.1 Å². The first kappa shape index (κ1) is 10.8. The molecular weight excluding hydrogens is 192 g/mol. The van der Waals surface area contributed by atoms with Crippen LogP contribution in [0.2, 0.25) is 0 Å². The van der Waals surface area contributed by atoms with Crippen molar-refractivity contribution >= 4 is 5.82 Å². The number of hydrogen-bond donors (Lipinski definition) is 3. The highest BCUT2D eigenvalue weighted by atomic mass is 19.3. The molecule has 1 aromatic heterocycles. The zero-order valence-corrected chi connectivity index (χ0v) is 7.37. The van der Waals surface area contributed by atoms with Crippen molar-refractivity contribution in [2.45, 2.75) is 19.6 Å². The van der Waals surface area contributed by atoms with Crippen molar-refractivity contribution in [1.29, 1.82) is 0 Å². The van der Waals surface area contributed by atoms with E-state index in [9.17, 15) is 8.78 Å². The van der Waals surface area contributed by atoms with Gasteiger partial charge in [0.1, 0.15) is 11.5 Å². The molecule has 0 aromatic carbocycles. The summed E-state index contributed by atoms with van der Waals surface area (Å²) in [5.41, 5.74) is 11.0. The lowest BCUT2D eigenvalue weighted by Crippen LogP contribution is -2.09. The zero-order valence-electron chi connectivity index (χ0n) is 7.37. The van der Waals surface area contributed by atoms with Gasteiger partial charge in [0, 0.05) is 12.1 Å². The number of hydrogen-bond acceptors (Lipinski definition) is 4. The molecule has 4 nitrogen and oxygen atoms in total. The third-order valence-electron chi connectivity index (χ3n) is 1.87. The van der Waals surface area contributed by atoms with Crippen LogP contribution in [0.15, 0.2) is 6.07 Å². The van der Waals surface area contributed by atoms with Crippen molar-refractivity contribution in [1.82, 2.24) is 4.98 Å². The molecule has 0 saturated heterocycles. The van der Waals surface area contributed by atoms with Gasteiger partial charge >= 0.3 is 0 Å². The molecule has 0 radical (unpaired) electrons. The Kier molecular flexibility index (Phi) is 3.32. The second-order valence-corrected chi connectivity index (χ2v) is 2.73. The van der Waals surface area contributed by atoms with Crippen LogP contribution in [0.5, 0.6) is 0 Å². The van der Waals surface area contributed by atoms with Crippen molar-refractivity contribution < 1.29 is 13.9 Å². The van der Waals surface area contributed by atoms with E-state index in [1.165, 1.54) is 0 Å². The molecule has 14 heavy (non-hydrogen) atoms. The minimum atomic E-state index is -2.68. The van der Waals surface area contributed by atoms with E-state index in [-0.39, 0.29) is 19.0 Å². The van der Waals surface area contributed by atoms with Crippen LogP contribution in [0.25, 0.3) is 0 Å². The topological polar surface area (TPSA) is 85.2 Å². The van der Waals surface area contributed by atoms with Gasteiger partial charge < -0.3 is 16.6 Å². The molecule has 0 aliphatic carbocycles. The van der Waals surface area contributed by atoms with Crippen molar-refractivity contribution in [2.24, 2.45) is 5.73 Å². The average molecular weight is 203 g/mol. The molecule has 0 bridgehead atoms. The number of aromatic nitrogens is 1. The van der Waals surface area contributed by atoms with Crippen molar-refractivity contribution in [3.63, 3.8) is 0 Å². The largest absolute Gasteiger partial charge is 0.392 e. The lowest BCUT2D eigenvalue weighted by atomic mass is 10.1. The lowest BCUT2D eigenvalue weighted by molar-refractivity contribution is 0.146. The number of aliphatic hydroxyl groups is 1. The monoisotopic (exact) mass is 203 g/mol. The standard InChI is InChI=1S/C8H11F2N3O/c9-7(10)6-1-4(2-11)5(3-14)8(12)13-6/h1,7,14H,2-3,11H2,(H2,12,13). The van der Waals surface area contributed by atoms with Crippen LogP contribution in [0.1, 0.15) is 23.2 Å². The lowest BCUT2D eigenvalue weighted by Gasteiger charge is -2.10. The SMILES string of the molecule is NCc1cc(C(F)F)nc(N)c1CO. The molecule has 78 valence electrons. The molecule has 0 atom stereocenters. The highest BCUT2D eigenvalue weighted by molar-refractivity contribution is 5.45. The minimum absolute atomic E-state index is 0.0440. The first-order valence-electron chi connectivity index (χ1n) is 3.97. The van der Waals surface area contributed by atoms with Crippen LogP contribution in [0.3, 0.4) is 0 Å². The molecular formula is C8H11F2N3O. The molecule has 0 aliphatic heterocycles. The summed E-state index contributed by atoms with van der Waals surface area (Å²) in [6.45, 7) is -0.308. The molecule has 0 aliphatic rings. The van der Waals surface area contributed by atoms with Gasteiger partial charge in [-0.05, 0) is 11.6 Å². The maximum atomic E-state index is 12.3. The number of nitrogen functional groups attached to an aromatic ring is 1. The summed E-state index contributed by atoms with van der Waals surface area (Å²) in [5, 5.41) is 8.90. The third-order valence-corrected chi connectivity index (χ3v) is 1.87. The normalized spacial score (nSPS) is 10.9. The van der Waals surface area contributed by atoms with E-state index in [1.54, 1.807) is 0 Å². The van der Waals surface area contributed by atoms with E-state index in [0.717, 1.165) is 6.07 Å². The molecule has 1 aromatic rings. The van der Waals surface area contributed by atoms with Gasteiger partial charge in [0.25, 0.3) is 6.43 Å². The summed E-state index contributed by atoms with van der Waals surface area (Å²) in [4.78, 5) is 3.46. The number of pyridine rings is 1. The summed E-state index contributed by atoms with van der Waals surface area (Å²) in [7, 11) is 0. The van der Waals surface area contributed by atoms with Gasteiger partial charge in [-0.1, -0.05) is 0 Å². The van der Waals surface area contributed by atoms with Gasteiger partial charge in [-0.3, -0.25) is 0 Å². The predicted octanol–water partition coefficient (Wildman–Crippen LogP) is 0.552. The summed E-state index contributed by atoms with van der Waals surface area (Å²) >= 11 is 0. The van der Waals surface area contributed by atoms with Gasteiger partial charge in [0.2, 0.25) is 0 Å². The number of nitrogens with two attached hydrogens (primary N) is 2. The first-order chi connectivity index (χ1) is 6.60. The molecule has 0 amide bonds. The Bertz CT molecular complexity index is 331. The van der Waals surface area contributed by atoms with Gasteiger partial charge in [0.05, 0.1) is 6.61 Å². The number of alkyl halides is 2. The van der Waals surface area contributed by atoms with E-state index in [0.29, 0.717) is 11.1 Å².